The SMILES string of the molecule is CCN(C(=O)OCC(C)C)C(C)C. The third kappa shape index (κ3) is 4.76. The van der Waals surface area contributed by atoms with Gasteiger partial charge in [-0.05, 0) is 26.7 Å². The first kappa shape index (κ1) is 12.3. The van der Waals surface area contributed by atoms with Crippen molar-refractivity contribution in [3.8, 4) is 0 Å². The van der Waals surface area contributed by atoms with Crippen LogP contribution in [0.25, 0.3) is 0 Å². The fourth-order valence-corrected chi connectivity index (χ4v) is 1.03. The van der Waals surface area contributed by atoms with Gasteiger partial charge in [-0.25, -0.2) is 4.79 Å². The molecular weight excluding hydrogens is 166 g/mol. The van der Waals surface area contributed by atoms with Gasteiger partial charge in [0.1, 0.15) is 0 Å². The zero-order valence-electron chi connectivity index (χ0n) is 9.33. The van der Waals surface area contributed by atoms with Gasteiger partial charge >= 0.3 is 6.09 Å². The van der Waals surface area contributed by atoms with Crippen molar-refractivity contribution in [2.75, 3.05) is 13.2 Å². The summed E-state index contributed by atoms with van der Waals surface area (Å²) >= 11 is 0. The lowest BCUT2D eigenvalue weighted by molar-refractivity contribution is 0.0844. The highest BCUT2D eigenvalue weighted by Gasteiger charge is 2.16. The van der Waals surface area contributed by atoms with Gasteiger partial charge in [0.15, 0.2) is 0 Å². The molecule has 0 rings (SSSR count). The first-order valence-corrected chi connectivity index (χ1v) is 4.92. The van der Waals surface area contributed by atoms with Crippen LogP contribution in [0.5, 0.6) is 0 Å². The van der Waals surface area contributed by atoms with E-state index in [4.69, 9.17) is 4.74 Å². The molecule has 78 valence electrons. The quantitative estimate of drug-likeness (QED) is 0.676. The highest BCUT2D eigenvalue weighted by molar-refractivity contribution is 5.67. The number of nitrogens with zero attached hydrogens (tertiary/aromatic N) is 1. The van der Waals surface area contributed by atoms with Crippen molar-refractivity contribution >= 4 is 6.09 Å². The predicted octanol–water partition coefficient (Wildman–Crippen LogP) is 2.51. The molecule has 3 nitrogen and oxygen atoms in total. The molecule has 0 atom stereocenters. The lowest BCUT2D eigenvalue weighted by atomic mass is 10.2. The third-order valence-corrected chi connectivity index (χ3v) is 1.74. The van der Waals surface area contributed by atoms with Crippen molar-refractivity contribution in [3.63, 3.8) is 0 Å². The van der Waals surface area contributed by atoms with Crippen LogP contribution in [-0.2, 0) is 4.74 Å². The molecule has 13 heavy (non-hydrogen) atoms. The van der Waals surface area contributed by atoms with Crippen LogP contribution in [0.2, 0.25) is 0 Å². The van der Waals surface area contributed by atoms with Gasteiger partial charge in [-0.2, -0.15) is 0 Å². The molecule has 0 aromatic heterocycles. The van der Waals surface area contributed by atoms with Crippen LogP contribution < -0.4 is 0 Å². The first-order valence-electron chi connectivity index (χ1n) is 4.92. The minimum atomic E-state index is -0.203. The van der Waals surface area contributed by atoms with Crippen molar-refractivity contribution in [2.45, 2.75) is 40.7 Å². The Morgan fingerprint density at radius 3 is 2.15 bits per heavy atom. The van der Waals surface area contributed by atoms with Gasteiger partial charge < -0.3 is 9.64 Å². The first-order chi connectivity index (χ1) is 5.99. The fourth-order valence-electron chi connectivity index (χ4n) is 1.03. The second-order valence-electron chi connectivity index (χ2n) is 3.85. The monoisotopic (exact) mass is 187 g/mol. The number of carbonyl (C=O) groups is 1. The molecule has 3 heteroatoms. The summed E-state index contributed by atoms with van der Waals surface area (Å²) in [6.07, 6.45) is -0.203. The second-order valence-corrected chi connectivity index (χ2v) is 3.85. The Kier molecular flexibility index (Phi) is 5.51. The molecular formula is C10H21NO2. The minimum Gasteiger partial charge on any atom is -0.449 e. The van der Waals surface area contributed by atoms with Crippen LogP contribution in [0.3, 0.4) is 0 Å². The minimum absolute atomic E-state index is 0.203. The van der Waals surface area contributed by atoms with Crippen molar-refractivity contribution in [1.29, 1.82) is 0 Å². The molecule has 0 aromatic carbocycles. The van der Waals surface area contributed by atoms with Crippen molar-refractivity contribution in [1.82, 2.24) is 4.90 Å². The molecule has 0 fully saturated rings. The second kappa shape index (κ2) is 5.84. The van der Waals surface area contributed by atoms with Crippen LogP contribution in [0.4, 0.5) is 4.79 Å². The summed E-state index contributed by atoms with van der Waals surface area (Å²) in [6.45, 7) is 11.2. The van der Waals surface area contributed by atoms with E-state index in [0.29, 0.717) is 19.1 Å². The van der Waals surface area contributed by atoms with E-state index >= 15 is 0 Å². The molecule has 0 saturated carbocycles. The summed E-state index contributed by atoms with van der Waals surface area (Å²) in [4.78, 5) is 13.1. The summed E-state index contributed by atoms with van der Waals surface area (Å²) in [6, 6.07) is 0.213. The Balaban J connectivity index is 3.92. The maximum absolute atomic E-state index is 11.4. The van der Waals surface area contributed by atoms with Gasteiger partial charge in [0, 0.05) is 12.6 Å². The van der Waals surface area contributed by atoms with E-state index in [1.54, 1.807) is 4.90 Å². The molecule has 0 aliphatic rings. The van der Waals surface area contributed by atoms with E-state index in [1.807, 2.05) is 34.6 Å². The molecule has 0 aromatic rings. The number of rotatable bonds is 4. The van der Waals surface area contributed by atoms with E-state index < -0.39 is 0 Å². The van der Waals surface area contributed by atoms with Crippen LogP contribution in [0.1, 0.15) is 34.6 Å². The summed E-state index contributed by atoms with van der Waals surface area (Å²) in [7, 11) is 0. The predicted molar refractivity (Wildman–Crippen MR) is 53.7 cm³/mol. The zero-order valence-corrected chi connectivity index (χ0v) is 9.33. The maximum Gasteiger partial charge on any atom is 0.409 e. The van der Waals surface area contributed by atoms with Gasteiger partial charge in [-0.3, -0.25) is 0 Å². The topological polar surface area (TPSA) is 29.5 Å². The van der Waals surface area contributed by atoms with Crippen molar-refractivity contribution in [2.24, 2.45) is 5.92 Å². The molecule has 0 bridgehead atoms. The third-order valence-electron chi connectivity index (χ3n) is 1.74. The van der Waals surface area contributed by atoms with Gasteiger partial charge in [0.25, 0.3) is 0 Å². The van der Waals surface area contributed by atoms with E-state index in [2.05, 4.69) is 0 Å². The lowest BCUT2D eigenvalue weighted by Crippen LogP contribution is -2.37. The summed E-state index contributed by atoms with van der Waals surface area (Å²) in [5.41, 5.74) is 0. The average Bonchev–Trinajstić information content (AvgIpc) is 2.01. The smallest absolute Gasteiger partial charge is 0.409 e. The molecule has 0 aliphatic carbocycles. The van der Waals surface area contributed by atoms with Gasteiger partial charge in [-0.1, -0.05) is 13.8 Å². The maximum atomic E-state index is 11.4. The molecule has 0 spiro atoms. The molecule has 0 unspecified atom stereocenters. The van der Waals surface area contributed by atoms with E-state index in [0.717, 1.165) is 0 Å². The molecule has 0 heterocycles. The largest absolute Gasteiger partial charge is 0.449 e. The number of hydrogen-bond acceptors (Lipinski definition) is 2. The van der Waals surface area contributed by atoms with Crippen molar-refractivity contribution in [3.05, 3.63) is 0 Å². The lowest BCUT2D eigenvalue weighted by Gasteiger charge is -2.24. The highest BCUT2D eigenvalue weighted by Crippen LogP contribution is 2.02. The van der Waals surface area contributed by atoms with Gasteiger partial charge in [-0.15, -0.1) is 0 Å². The Hall–Kier alpha value is -0.730. The molecule has 0 aliphatic heterocycles. The Morgan fingerprint density at radius 1 is 1.31 bits per heavy atom. The number of ether oxygens (including phenoxy) is 1. The normalized spacial score (nSPS) is 10.7. The van der Waals surface area contributed by atoms with E-state index in [-0.39, 0.29) is 12.1 Å². The standard InChI is InChI=1S/C10H21NO2/c1-6-11(9(4)5)10(12)13-7-8(2)3/h8-9H,6-7H2,1-5H3. The van der Waals surface area contributed by atoms with Gasteiger partial charge in [0.05, 0.1) is 6.61 Å². The van der Waals surface area contributed by atoms with Crippen LogP contribution in [0.15, 0.2) is 0 Å². The fraction of sp³-hybridized carbons (Fsp3) is 0.900. The molecule has 0 N–H and O–H groups in total. The van der Waals surface area contributed by atoms with Crippen LogP contribution in [-0.4, -0.2) is 30.2 Å². The molecule has 0 radical (unpaired) electrons. The Labute approximate surface area is 81.1 Å². The van der Waals surface area contributed by atoms with Gasteiger partial charge in [0.2, 0.25) is 0 Å². The summed E-state index contributed by atoms with van der Waals surface area (Å²) < 4.78 is 5.10. The Morgan fingerprint density at radius 2 is 1.85 bits per heavy atom. The number of amides is 1. The number of hydrogen-bond donors (Lipinski definition) is 0. The van der Waals surface area contributed by atoms with Crippen LogP contribution in [0, 0.1) is 5.92 Å². The molecule has 1 amide bonds. The van der Waals surface area contributed by atoms with Crippen LogP contribution >= 0.6 is 0 Å². The number of carbonyl (C=O) groups excluding carboxylic acids is 1. The van der Waals surface area contributed by atoms with E-state index in [9.17, 15) is 4.79 Å². The van der Waals surface area contributed by atoms with E-state index in [1.165, 1.54) is 0 Å². The summed E-state index contributed by atoms with van der Waals surface area (Å²) in [5.74, 6) is 0.398. The molecule has 0 saturated heterocycles. The zero-order chi connectivity index (χ0) is 10.4. The Bertz CT molecular complexity index is 155. The highest BCUT2D eigenvalue weighted by atomic mass is 16.6. The average molecular weight is 187 g/mol. The van der Waals surface area contributed by atoms with Crippen molar-refractivity contribution < 1.29 is 9.53 Å². The summed E-state index contributed by atoms with van der Waals surface area (Å²) in [5, 5.41) is 0.